The van der Waals surface area contributed by atoms with E-state index in [4.69, 9.17) is 11.6 Å². The summed E-state index contributed by atoms with van der Waals surface area (Å²) in [5.74, 6) is 0.925. The summed E-state index contributed by atoms with van der Waals surface area (Å²) in [5.41, 5.74) is 2.05. The van der Waals surface area contributed by atoms with Gasteiger partial charge in [-0.1, -0.05) is 23.7 Å². The lowest BCUT2D eigenvalue weighted by Crippen LogP contribution is -2.16. The average Bonchev–Trinajstić information content (AvgIpc) is 2.92. The Bertz CT molecular complexity index is 724. The van der Waals surface area contributed by atoms with Gasteiger partial charge in [0.1, 0.15) is 11.9 Å². The summed E-state index contributed by atoms with van der Waals surface area (Å²) < 4.78 is 2.00. The van der Waals surface area contributed by atoms with Crippen LogP contribution in [0, 0.1) is 0 Å². The number of hydrogen-bond donors (Lipinski definition) is 1. The molecule has 0 amide bonds. The van der Waals surface area contributed by atoms with Gasteiger partial charge in [-0.05, 0) is 29.8 Å². The highest BCUT2D eigenvalue weighted by atomic mass is 35.5. The second-order valence-corrected chi connectivity index (χ2v) is 5.20. The third-order valence-corrected chi connectivity index (χ3v) is 3.53. The Morgan fingerprint density at radius 2 is 1.95 bits per heavy atom. The van der Waals surface area contributed by atoms with E-state index in [-0.39, 0.29) is 6.04 Å². The van der Waals surface area contributed by atoms with Gasteiger partial charge in [0.2, 0.25) is 0 Å². The van der Waals surface area contributed by atoms with E-state index in [1.165, 1.54) is 0 Å². The van der Waals surface area contributed by atoms with Crippen LogP contribution in [0.4, 0.5) is 5.69 Å². The Morgan fingerprint density at radius 3 is 2.62 bits per heavy atom. The van der Waals surface area contributed by atoms with Crippen LogP contribution in [0.2, 0.25) is 5.02 Å². The minimum Gasteiger partial charge on any atom is -0.371 e. The number of halogens is 1. The van der Waals surface area contributed by atoms with Crippen molar-refractivity contribution in [2.75, 3.05) is 5.32 Å². The first kappa shape index (κ1) is 13.6. The van der Waals surface area contributed by atoms with E-state index in [2.05, 4.69) is 15.3 Å². The van der Waals surface area contributed by atoms with E-state index >= 15 is 0 Å². The molecule has 4 nitrogen and oxygen atoms in total. The number of hydrogen-bond acceptors (Lipinski definition) is 3. The van der Waals surface area contributed by atoms with E-state index in [1.807, 2.05) is 54.2 Å². The quantitative estimate of drug-likeness (QED) is 0.799. The van der Waals surface area contributed by atoms with Crippen molar-refractivity contribution < 1.29 is 0 Å². The lowest BCUT2D eigenvalue weighted by atomic mass is 10.1. The molecular formula is C16H15ClN4. The van der Waals surface area contributed by atoms with Gasteiger partial charge in [0.05, 0.1) is 0 Å². The SMILES string of the molecule is Cn1ccnc1C(Nc1ccncc1)c1cccc(Cl)c1. The Hall–Kier alpha value is -2.33. The summed E-state index contributed by atoms with van der Waals surface area (Å²) in [4.78, 5) is 8.50. The highest BCUT2D eigenvalue weighted by molar-refractivity contribution is 6.30. The zero-order valence-corrected chi connectivity index (χ0v) is 12.3. The third-order valence-electron chi connectivity index (χ3n) is 3.29. The van der Waals surface area contributed by atoms with Crippen LogP contribution < -0.4 is 5.32 Å². The van der Waals surface area contributed by atoms with E-state index in [0.29, 0.717) is 5.02 Å². The van der Waals surface area contributed by atoms with Crippen LogP contribution in [0.3, 0.4) is 0 Å². The average molecular weight is 299 g/mol. The van der Waals surface area contributed by atoms with E-state index in [0.717, 1.165) is 17.1 Å². The molecule has 21 heavy (non-hydrogen) atoms. The summed E-state index contributed by atoms with van der Waals surface area (Å²) in [7, 11) is 1.98. The standard InChI is InChI=1S/C16H15ClN4/c1-21-10-9-19-16(21)15(12-3-2-4-13(17)11-12)20-14-5-7-18-8-6-14/h2-11,15H,1H3,(H,18,20). The van der Waals surface area contributed by atoms with E-state index in [9.17, 15) is 0 Å². The molecule has 0 aliphatic carbocycles. The maximum absolute atomic E-state index is 6.13. The zero-order valence-electron chi connectivity index (χ0n) is 11.6. The highest BCUT2D eigenvalue weighted by Gasteiger charge is 2.18. The molecule has 0 radical (unpaired) electrons. The van der Waals surface area contributed by atoms with E-state index < -0.39 is 0 Å². The second-order valence-electron chi connectivity index (χ2n) is 4.76. The molecule has 0 saturated heterocycles. The molecule has 1 N–H and O–H groups in total. The summed E-state index contributed by atoms with van der Waals surface area (Å²) in [6, 6.07) is 11.6. The molecule has 0 fully saturated rings. The van der Waals surface area contributed by atoms with Gasteiger partial charge in [-0.2, -0.15) is 0 Å². The van der Waals surface area contributed by atoms with Gasteiger partial charge >= 0.3 is 0 Å². The van der Waals surface area contributed by atoms with Crippen molar-refractivity contribution in [2.24, 2.45) is 7.05 Å². The lowest BCUT2D eigenvalue weighted by Gasteiger charge is -2.20. The first-order valence-electron chi connectivity index (χ1n) is 6.63. The second kappa shape index (κ2) is 5.97. The number of rotatable bonds is 4. The zero-order chi connectivity index (χ0) is 14.7. The smallest absolute Gasteiger partial charge is 0.135 e. The van der Waals surface area contributed by atoms with Crippen LogP contribution in [0.15, 0.2) is 61.2 Å². The summed E-state index contributed by atoms with van der Waals surface area (Å²) in [6.07, 6.45) is 7.24. The Kier molecular flexibility index (Phi) is 3.88. The van der Waals surface area contributed by atoms with Crippen LogP contribution in [0.5, 0.6) is 0 Å². The number of nitrogens with zero attached hydrogens (tertiary/aromatic N) is 3. The molecule has 0 bridgehead atoms. The Morgan fingerprint density at radius 1 is 1.14 bits per heavy atom. The van der Waals surface area contributed by atoms with Crippen LogP contribution in [-0.4, -0.2) is 14.5 Å². The van der Waals surface area contributed by atoms with Crippen LogP contribution >= 0.6 is 11.6 Å². The fourth-order valence-electron chi connectivity index (χ4n) is 2.25. The number of anilines is 1. The molecule has 1 atom stereocenters. The molecule has 2 aromatic heterocycles. The molecule has 3 rings (SSSR count). The molecule has 1 unspecified atom stereocenters. The van der Waals surface area contributed by atoms with Gasteiger partial charge < -0.3 is 9.88 Å². The number of aromatic nitrogens is 3. The molecule has 0 spiro atoms. The van der Waals surface area contributed by atoms with Crippen molar-refractivity contribution in [3.8, 4) is 0 Å². The predicted octanol–water partition coefficient (Wildman–Crippen LogP) is 3.67. The van der Waals surface area contributed by atoms with Gasteiger partial charge in [-0.15, -0.1) is 0 Å². The number of imidazole rings is 1. The van der Waals surface area contributed by atoms with Crippen molar-refractivity contribution in [3.63, 3.8) is 0 Å². The van der Waals surface area contributed by atoms with Crippen molar-refractivity contribution in [1.29, 1.82) is 0 Å². The maximum Gasteiger partial charge on any atom is 0.135 e. The van der Waals surface area contributed by atoms with Crippen LogP contribution in [-0.2, 0) is 7.05 Å². The van der Waals surface area contributed by atoms with Crippen molar-refractivity contribution in [3.05, 3.63) is 77.6 Å². The molecule has 0 saturated carbocycles. The maximum atomic E-state index is 6.13. The number of pyridine rings is 1. The lowest BCUT2D eigenvalue weighted by molar-refractivity contribution is 0.748. The van der Waals surface area contributed by atoms with Crippen LogP contribution in [0.1, 0.15) is 17.4 Å². The first-order chi connectivity index (χ1) is 10.2. The molecule has 0 aliphatic rings. The van der Waals surface area contributed by atoms with Gasteiger partial charge in [0.15, 0.2) is 0 Å². The molecule has 1 aromatic carbocycles. The third kappa shape index (κ3) is 3.06. The predicted molar refractivity (Wildman–Crippen MR) is 84.4 cm³/mol. The van der Waals surface area contributed by atoms with Gasteiger partial charge in [-0.3, -0.25) is 4.98 Å². The van der Waals surface area contributed by atoms with Crippen molar-refractivity contribution >= 4 is 17.3 Å². The topological polar surface area (TPSA) is 42.7 Å². The first-order valence-corrected chi connectivity index (χ1v) is 7.01. The van der Waals surface area contributed by atoms with E-state index in [1.54, 1.807) is 18.6 Å². The fourth-order valence-corrected chi connectivity index (χ4v) is 2.45. The number of nitrogens with one attached hydrogen (secondary N) is 1. The molecule has 5 heteroatoms. The largest absolute Gasteiger partial charge is 0.371 e. The molecule has 106 valence electrons. The van der Waals surface area contributed by atoms with Crippen LogP contribution in [0.25, 0.3) is 0 Å². The Balaban J connectivity index is 2.01. The van der Waals surface area contributed by atoms with Crippen molar-refractivity contribution in [1.82, 2.24) is 14.5 Å². The molecule has 2 heterocycles. The summed E-state index contributed by atoms with van der Waals surface area (Å²) in [5, 5.41) is 4.20. The molecular weight excluding hydrogens is 284 g/mol. The van der Waals surface area contributed by atoms with Gasteiger partial charge in [0.25, 0.3) is 0 Å². The molecule has 0 aliphatic heterocycles. The summed E-state index contributed by atoms with van der Waals surface area (Å²) >= 11 is 6.13. The molecule has 3 aromatic rings. The van der Waals surface area contributed by atoms with Gasteiger partial charge in [0, 0.05) is 42.5 Å². The van der Waals surface area contributed by atoms with Crippen molar-refractivity contribution in [2.45, 2.75) is 6.04 Å². The fraction of sp³-hybridized carbons (Fsp3) is 0.125. The number of aryl methyl sites for hydroxylation is 1. The number of benzene rings is 1. The van der Waals surface area contributed by atoms with Gasteiger partial charge in [-0.25, -0.2) is 4.98 Å². The minimum atomic E-state index is -0.0777. The summed E-state index contributed by atoms with van der Waals surface area (Å²) in [6.45, 7) is 0. The minimum absolute atomic E-state index is 0.0777. The monoisotopic (exact) mass is 298 g/mol. The normalized spacial score (nSPS) is 12.1. The Labute approximate surface area is 128 Å². The highest BCUT2D eigenvalue weighted by Crippen LogP contribution is 2.26.